The highest BCUT2D eigenvalue weighted by molar-refractivity contribution is 8.00. The molecule has 20 heavy (non-hydrogen) atoms. The number of rotatable bonds is 4. The highest BCUT2D eigenvalue weighted by Crippen LogP contribution is 2.28. The van der Waals surface area contributed by atoms with Gasteiger partial charge in [0, 0.05) is 12.0 Å². The van der Waals surface area contributed by atoms with Crippen LogP contribution in [0.3, 0.4) is 0 Å². The molecule has 1 aromatic heterocycles. The quantitative estimate of drug-likeness (QED) is 0.876. The Hall–Kier alpha value is -1.82. The normalized spacial score (nSPS) is 18.2. The van der Waals surface area contributed by atoms with Crippen molar-refractivity contribution in [2.24, 2.45) is 0 Å². The van der Waals surface area contributed by atoms with Gasteiger partial charge in [0.25, 0.3) is 0 Å². The van der Waals surface area contributed by atoms with Crippen molar-refractivity contribution in [2.75, 3.05) is 6.61 Å². The van der Waals surface area contributed by atoms with Gasteiger partial charge in [0.1, 0.15) is 5.25 Å². The van der Waals surface area contributed by atoms with Crippen LogP contribution in [0.5, 0.6) is 0 Å². The first-order valence-corrected chi connectivity index (χ1v) is 7.49. The first-order chi connectivity index (χ1) is 9.76. The van der Waals surface area contributed by atoms with Crippen LogP contribution < -0.4 is 0 Å². The molecule has 6 heteroatoms. The molecule has 1 atom stereocenters. The van der Waals surface area contributed by atoms with E-state index in [1.165, 1.54) is 17.3 Å². The number of aryl methyl sites for hydroxylation is 1. The monoisotopic (exact) mass is 289 g/mol. The molecule has 1 saturated heterocycles. The lowest BCUT2D eigenvalue weighted by Gasteiger charge is -2.00. The Balaban J connectivity index is 1.73. The molecule has 2 aromatic rings. The number of hydrogen-bond donors (Lipinski definition) is 1. The largest absolute Gasteiger partial charge is 0.465 e. The summed E-state index contributed by atoms with van der Waals surface area (Å²) in [5, 5.41) is 7.47. The van der Waals surface area contributed by atoms with Crippen molar-refractivity contribution < 1.29 is 9.53 Å². The second kappa shape index (κ2) is 5.66. The molecule has 1 fully saturated rings. The topological polar surface area (TPSA) is 67.9 Å². The summed E-state index contributed by atoms with van der Waals surface area (Å²) < 4.78 is 4.93. The number of ether oxygens (including phenoxy) is 1. The third-order valence-electron chi connectivity index (χ3n) is 3.24. The molecule has 1 aromatic carbocycles. The van der Waals surface area contributed by atoms with E-state index in [0.717, 1.165) is 24.2 Å². The first-order valence-electron chi connectivity index (χ1n) is 6.61. The van der Waals surface area contributed by atoms with Gasteiger partial charge < -0.3 is 4.74 Å². The van der Waals surface area contributed by atoms with Crippen LogP contribution in [-0.4, -0.2) is 33.0 Å². The number of cyclic esters (lactones) is 1. The number of esters is 1. The fraction of sp³-hybridized carbons (Fsp3) is 0.357. The van der Waals surface area contributed by atoms with E-state index < -0.39 is 0 Å². The molecule has 2 heterocycles. The van der Waals surface area contributed by atoms with Crippen LogP contribution in [-0.2, 0) is 16.0 Å². The zero-order valence-electron chi connectivity index (χ0n) is 11.1. The van der Waals surface area contributed by atoms with Crippen molar-refractivity contribution in [3.63, 3.8) is 0 Å². The predicted octanol–water partition coefficient (Wildman–Crippen LogP) is 2.44. The van der Waals surface area contributed by atoms with Gasteiger partial charge in [-0.05, 0) is 12.0 Å². The number of aromatic nitrogens is 3. The molecule has 0 amide bonds. The highest BCUT2D eigenvalue weighted by Gasteiger charge is 2.28. The smallest absolute Gasteiger partial charge is 0.319 e. The third-order valence-corrected chi connectivity index (χ3v) is 4.34. The maximum atomic E-state index is 11.4. The summed E-state index contributed by atoms with van der Waals surface area (Å²) in [4.78, 5) is 15.8. The summed E-state index contributed by atoms with van der Waals surface area (Å²) in [6, 6.07) is 8.22. The van der Waals surface area contributed by atoms with Crippen molar-refractivity contribution in [2.45, 2.75) is 30.2 Å². The lowest BCUT2D eigenvalue weighted by molar-refractivity contribution is -0.137. The van der Waals surface area contributed by atoms with Crippen LogP contribution in [0.4, 0.5) is 0 Å². The minimum atomic E-state index is -0.180. The molecular weight excluding hydrogens is 274 g/mol. The average Bonchev–Trinajstić information content (AvgIpc) is 3.10. The van der Waals surface area contributed by atoms with Crippen molar-refractivity contribution in [1.29, 1.82) is 0 Å². The van der Waals surface area contributed by atoms with Gasteiger partial charge in [-0.2, -0.15) is 0 Å². The van der Waals surface area contributed by atoms with Crippen molar-refractivity contribution in [1.82, 2.24) is 15.2 Å². The Labute approximate surface area is 121 Å². The van der Waals surface area contributed by atoms with Crippen LogP contribution in [0.15, 0.2) is 29.4 Å². The summed E-state index contributed by atoms with van der Waals surface area (Å²) in [5.74, 6) is 0.551. The number of thioether (sulfide) groups is 1. The van der Waals surface area contributed by atoms with E-state index in [4.69, 9.17) is 4.74 Å². The summed E-state index contributed by atoms with van der Waals surface area (Å²) in [6.45, 7) is 2.62. The molecule has 3 rings (SSSR count). The van der Waals surface area contributed by atoms with Gasteiger partial charge in [-0.15, -0.1) is 5.10 Å². The number of aromatic amines is 1. The Morgan fingerprint density at radius 1 is 1.40 bits per heavy atom. The van der Waals surface area contributed by atoms with E-state index >= 15 is 0 Å². The minimum absolute atomic E-state index is 0.173. The molecule has 0 aliphatic carbocycles. The number of nitrogens with zero attached hydrogens (tertiary/aromatic N) is 2. The highest BCUT2D eigenvalue weighted by atomic mass is 32.2. The van der Waals surface area contributed by atoms with Gasteiger partial charge in [-0.25, -0.2) is 4.98 Å². The van der Waals surface area contributed by atoms with Gasteiger partial charge in [0.05, 0.1) is 6.61 Å². The molecule has 0 unspecified atom stereocenters. The van der Waals surface area contributed by atoms with E-state index in [1.54, 1.807) is 0 Å². The number of carbonyl (C=O) groups is 1. The Morgan fingerprint density at radius 2 is 2.20 bits per heavy atom. The zero-order valence-corrected chi connectivity index (χ0v) is 11.9. The second-order valence-electron chi connectivity index (χ2n) is 4.58. The zero-order chi connectivity index (χ0) is 13.9. The van der Waals surface area contributed by atoms with Gasteiger partial charge >= 0.3 is 5.97 Å². The number of H-pyrrole nitrogens is 1. The molecular formula is C14H15N3O2S. The molecule has 1 aliphatic rings. The molecule has 1 N–H and O–H groups in total. The van der Waals surface area contributed by atoms with Gasteiger partial charge in [0.15, 0.2) is 5.82 Å². The molecule has 0 radical (unpaired) electrons. The molecule has 0 spiro atoms. The van der Waals surface area contributed by atoms with Crippen LogP contribution in [0.1, 0.15) is 18.9 Å². The maximum absolute atomic E-state index is 11.4. The Bertz CT molecular complexity index is 609. The number of benzene rings is 1. The summed E-state index contributed by atoms with van der Waals surface area (Å²) >= 11 is 1.35. The van der Waals surface area contributed by atoms with Gasteiger partial charge in [0.2, 0.25) is 5.16 Å². The molecule has 0 saturated carbocycles. The van der Waals surface area contributed by atoms with E-state index in [1.807, 2.05) is 12.1 Å². The predicted molar refractivity (Wildman–Crippen MR) is 76.4 cm³/mol. The summed E-state index contributed by atoms with van der Waals surface area (Å²) in [7, 11) is 0. The van der Waals surface area contributed by atoms with Gasteiger partial charge in [-0.3, -0.25) is 9.89 Å². The van der Waals surface area contributed by atoms with Crippen LogP contribution in [0.25, 0.3) is 11.4 Å². The lowest BCUT2D eigenvalue weighted by Crippen LogP contribution is -2.09. The minimum Gasteiger partial charge on any atom is -0.465 e. The van der Waals surface area contributed by atoms with Crippen molar-refractivity contribution >= 4 is 17.7 Å². The van der Waals surface area contributed by atoms with Crippen molar-refractivity contribution in [3.8, 4) is 11.4 Å². The van der Waals surface area contributed by atoms with Crippen LogP contribution in [0, 0.1) is 0 Å². The van der Waals surface area contributed by atoms with Gasteiger partial charge in [-0.1, -0.05) is 43.0 Å². The van der Waals surface area contributed by atoms with E-state index in [-0.39, 0.29) is 11.2 Å². The third kappa shape index (κ3) is 2.70. The maximum Gasteiger partial charge on any atom is 0.319 e. The number of carbonyl (C=O) groups excluding carboxylic acids is 1. The summed E-state index contributed by atoms with van der Waals surface area (Å²) in [5.41, 5.74) is 2.28. The Kier molecular flexibility index (Phi) is 3.73. The van der Waals surface area contributed by atoms with E-state index in [0.29, 0.717) is 11.8 Å². The second-order valence-corrected chi connectivity index (χ2v) is 5.75. The summed E-state index contributed by atoms with van der Waals surface area (Å²) in [6.07, 6.45) is 1.74. The van der Waals surface area contributed by atoms with Crippen molar-refractivity contribution in [3.05, 3.63) is 29.8 Å². The van der Waals surface area contributed by atoms with E-state index in [9.17, 15) is 4.79 Å². The van der Waals surface area contributed by atoms with Crippen LogP contribution >= 0.6 is 11.8 Å². The van der Waals surface area contributed by atoms with Crippen LogP contribution in [0.2, 0.25) is 0 Å². The Morgan fingerprint density at radius 3 is 2.85 bits per heavy atom. The average molecular weight is 289 g/mol. The molecule has 1 aliphatic heterocycles. The fourth-order valence-corrected chi connectivity index (χ4v) is 2.91. The SMILES string of the molecule is CCc1ccc(-c2nc(S[C@H]3CCOC3=O)n[nH]2)cc1. The van der Waals surface area contributed by atoms with E-state index in [2.05, 4.69) is 34.2 Å². The number of hydrogen-bond acceptors (Lipinski definition) is 5. The molecule has 0 bridgehead atoms. The standard InChI is InChI=1S/C14H15N3O2S/c1-2-9-3-5-10(6-4-9)12-15-14(17-16-12)20-11-7-8-19-13(11)18/h3-6,11H,2,7-8H2,1H3,(H,15,16,17)/t11-/m0/s1. The number of nitrogens with one attached hydrogen (secondary N) is 1. The molecule has 5 nitrogen and oxygen atoms in total. The first kappa shape index (κ1) is 13.2. The molecule has 104 valence electrons. The lowest BCUT2D eigenvalue weighted by atomic mass is 10.1. The fourth-order valence-electron chi connectivity index (χ4n) is 2.04.